The van der Waals surface area contributed by atoms with Crippen LogP contribution in [0.1, 0.15) is 36.6 Å². The van der Waals surface area contributed by atoms with Crippen molar-refractivity contribution < 1.29 is 14.3 Å². The highest BCUT2D eigenvalue weighted by Gasteiger charge is 2.35. The van der Waals surface area contributed by atoms with Crippen LogP contribution in [0, 0.1) is 6.92 Å². The summed E-state index contributed by atoms with van der Waals surface area (Å²) in [4.78, 5) is 44.7. The van der Waals surface area contributed by atoms with Crippen LogP contribution in [-0.2, 0) is 14.3 Å². The fourth-order valence-electron chi connectivity index (χ4n) is 4.31. The summed E-state index contributed by atoms with van der Waals surface area (Å²) in [6.07, 6.45) is 0. The molecule has 1 N–H and O–H groups in total. The SMILES string of the molecule is CCOC(=O)C1=C(C)N=c2s/c(=C3\C(=O)Nc4ccc(C)cc43)c(=O)n2[C@@H]1c1ccc(Cl)cc1. The maximum absolute atomic E-state index is 13.8. The van der Waals surface area contributed by atoms with Crippen molar-refractivity contribution >= 4 is 46.1 Å². The molecule has 9 heteroatoms. The number of hydrogen-bond acceptors (Lipinski definition) is 6. The van der Waals surface area contributed by atoms with Gasteiger partial charge in [0.1, 0.15) is 4.53 Å². The molecular weight excluding hydrogens is 474 g/mol. The maximum Gasteiger partial charge on any atom is 0.338 e. The quantitative estimate of drug-likeness (QED) is 0.568. The van der Waals surface area contributed by atoms with Gasteiger partial charge in [-0.2, -0.15) is 0 Å². The third kappa shape index (κ3) is 3.50. The Labute approximate surface area is 203 Å². The van der Waals surface area contributed by atoms with Crippen LogP contribution < -0.4 is 20.2 Å². The first kappa shape index (κ1) is 22.3. The molecule has 0 bridgehead atoms. The van der Waals surface area contributed by atoms with Crippen LogP contribution in [0.15, 0.2) is 63.5 Å². The third-order valence-corrected chi connectivity index (χ3v) is 7.13. The molecule has 3 heterocycles. The molecule has 2 aromatic carbocycles. The molecule has 5 rings (SSSR count). The Balaban J connectivity index is 1.82. The zero-order chi connectivity index (χ0) is 24.1. The Kier molecular flexibility index (Phi) is 5.50. The monoisotopic (exact) mass is 493 g/mol. The highest BCUT2D eigenvalue weighted by Crippen LogP contribution is 2.33. The number of ether oxygens (including phenoxy) is 1. The zero-order valence-corrected chi connectivity index (χ0v) is 20.2. The van der Waals surface area contributed by atoms with E-state index >= 15 is 0 Å². The minimum absolute atomic E-state index is 0.188. The number of esters is 1. The van der Waals surface area contributed by atoms with E-state index in [2.05, 4.69) is 10.3 Å². The minimum Gasteiger partial charge on any atom is -0.463 e. The number of fused-ring (bicyclic) bond motifs is 2. The maximum atomic E-state index is 13.8. The van der Waals surface area contributed by atoms with Gasteiger partial charge < -0.3 is 10.1 Å². The number of anilines is 1. The average molecular weight is 494 g/mol. The highest BCUT2D eigenvalue weighted by molar-refractivity contribution is 7.07. The van der Waals surface area contributed by atoms with E-state index in [0.717, 1.165) is 16.9 Å². The first-order chi connectivity index (χ1) is 16.3. The summed E-state index contributed by atoms with van der Waals surface area (Å²) >= 11 is 7.23. The van der Waals surface area contributed by atoms with E-state index in [-0.39, 0.29) is 22.6 Å². The second-order valence-electron chi connectivity index (χ2n) is 8.05. The smallest absolute Gasteiger partial charge is 0.338 e. The Morgan fingerprint density at radius 1 is 1.18 bits per heavy atom. The molecule has 2 aliphatic rings. The van der Waals surface area contributed by atoms with Gasteiger partial charge in [-0.3, -0.25) is 14.2 Å². The molecule has 1 amide bonds. The van der Waals surface area contributed by atoms with Gasteiger partial charge in [-0.25, -0.2) is 9.79 Å². The van der Waals surface area contributed by atoms with E-state index in [0.29, 0.717) is 37.9 Å². The molecule has 2 aliphatic heterocycles. The predicted molar refractivity (Wildman–Crippen MR) is 131 cm³/mol. The Morgan fingerprint density at radius 2 is 1.91 bits per heavy atom. The molecule has 3 aromatic rings. The minimum atomic E-state index is -0.761. The first-order valence-electron chi connectivity index (χ1n) is 10.7. The average Bonchev–Trinajstić information content (AvgIpc) is 3.28. The summed E-state index contributed by atoms with van der Waals surface area (Å²) in [5, 5.41) is 3.37. The normalized spacial score (nSPS) is 18.2. The Bertz CT molecular complexity index is 1580. The molecule has 0 saturated carbocycles. The fourth-order valence-corrected chi connectivity index (χ4v) is 5.58. The van der Waals surface area contributed by atoms with Crippen molar-refractivity contribution in [1.29, 1.82) is 0 Å². The van der Waals surface area contributed by atoms with Crippen LogP contribution in [0.5, 0.6) is 0 Å². The topological polar surface area (TPSA) is 89.8 Å². The van der Waals surface area contributed by atoms with Crippen LogP contribution in [0.2, 0.25) is 5.02 Å². The summed E-state index contributed by atoms with van der Waals surface area (Å²) in [7, 11) is 0. The van der Waals surface area contributed by atoms with E-state index in [1.807, 2.05) is 25.1 Å². The number of carbonyl (C=O) groups is 2. The van der Waals surface area contributed by atoms with Crippen molar-refractivity contribution in [3.05, 3.63) is 95.1 Å². The van der Waals surface area contributed by atoms with Gasteiger partial charge in [0.05, 0.1) is 29.5 Å². The van der Waals surface area contributed by atoms with Crippen molar-refractivity contribution in [2.24, 2.45) is 4.99 Å². The molecule has 0 aliphatic carbocycles. The van der Waals surface area contributed by atoms with Crippen molar-refractivity contribution in [1.82, 2.24) is 4.57 Å². The van der Waals surface area contributed by atoms with Crippen LogP contribution in [-0.4, -0.2) is 23.1 Å². The number of hydrogen-bond donors (Lipinski definition) is 1. The largest absolute Gasteiger partial charge is 0.463 e. The lowest BCUT2D eigenvalue weighted by Crippen LogP contribution is -2.40. The van der Waals surface area contributed by atoms with Gasteiger partial charge in [-0.05, 0) is 50.6 Å². The Morgan fingerprint density at radius 3 is 2.62 bits per heavy atom. The standard InChI is InChI=1S/C25H20ClN3O4S/c1-4-33-24(32)18-13(3)27-25-29(20(18)14-6-8-15(26)9-7-14)23(31)21(34-25)19-16-11-12(2)5-10-17(16)28-22(19)30/h5-11,20H,4H2,1-3H3,(H,28,30)/b21-19-/t20-/m1/s1. The third-order valence-electron chi connectivity index (χ3n) is 5.83. The number of allylic oxidation sites excluding steroid dienone is 1. The van der Waals surface area contributed by atoms with Crippen LogP contribution in [0.4, 0.5) is 5.69 Å². The lowest BCUT2D eigenvalue weighted by atomic mass is 9.96. The number of aryl methyl sites for hydroxylation is 1. The van der Waals surface area contributed by atoms with Gasteiger partial charge in [0.2, 0.25) is 0 Å². The van der Waals surface area contributed by atoms with E-state index < -0.39 is 17.6 Å². The molecule has 172 valence electrons. The van der Waals surface area contributed by atoms with Crippen molar-refractivity contribution in [2.75, 3.05) is 11.9 Å². The molecule has 0 saturated heterocycles. The van der Waals surface area contributed by atoms with Gasteiger partial charge in [0, 0.05) is 16.3 Å². The molecule has 7 nitrogen and oxygen atoms in total. The van der Waals surface area contributed by atoms with Crippen LogP contribution in [0.3, 0.4) is 0 Å². The van der Waals surface area contributed by atoms with Gasteiger partial charge >= 0.3 is 5.97 Å². The Hall–Kier alpha value is -3.49. The second kappa shape index (κ2) is 8.38. The second-order valence-corrected chi connectivity index (χ2v) is 9.47. The number of halogens is 1. The van der Waals surface area contributed by atoms with Crippen molar-refractivity contribution in [3.63, 3.8) is 0 Å². The molecule has 0 radical (unpaired) electrons. The highest BCUT2D eigenvalue weighted by atomic mass is 35.5. The summed E-state index contributed by atoms with van der Waals surface area (Å²) in [5.41, 5.74) is 3.66. The molecule has 1 atom stereocenters. The lowest BCUT2D eigenvalue weighted by Gasteiger charge is -2.24. The van der Waals surface area contributed by atoms with Gasteiger partial charge in [0.25, 0.3) is 11.5 Å². The molecule has 0 spiro atoms. The van der Waals surface area contributed by atoms with Crippen molar-refractivity contribution in [2.45, 2.75) is 26.8 Å². The zero-order valence-electron chi connectivity index (χ0n) is 18.6. The predicted octanol–water partition coefficient (Wildman–Crippen LogP) is 3.08. The molecule has 1 aromatic heterocycles. The van der Waals surface area contributed by atoms with E-state index in [9.17, 15) is 14.4 Å². The van der Waals surface area contributed by atoms with E-state index in [1.165, 1.54) is 4.57 Å². The summed E-state index contributed by atoms with van der Waals surface area (Å²) in [6, 6.07) is 11.8. The fraction of sp³-hybridized carbons (Fsp3) is 0.200. The van der Waals surface area contributed by atoms with E-state index in [1.54, 1.807) is 38.1 Å². The number of rotatable bonds is 3. The number of nitrogens with zero attached hydrogens (tertiary/aromatic N) is 2. The molecule has 0 unspecified atom stereocenters. The summed E-state index contributed by atoms with van der Waals surface area (Å²) < 4.78 is 7.05. The number of thiazole rings is 1. The van der Waals surface area contributed by atoms with Gasteiger partial charge in [-0.15, -0.1) is 0 Å². The number of carbonyl (C=O) groups excluding carboxylic acids is 2. The molecule has 34 heavy (non-hydrogen) atoms. The molecular formula is C25H20ClN3O4S. The van der Waals surface area contributed by atoms with Crippen LogP contribution in [0.25, 0.3) is 5.57 Å². The van der Waals surface area contributed by atoms with Gasteiger partial charge in [0.15, 0.2) is 4.80 Å². The number of nitrogens with one attached hydrogen (secondary N) is 1. The summed E-state index contributed by atoms with van der Waals surface area (Å²) in [6.45, 7) is 5.56. The van der Waals surface area contributed by atoms with Gasteiger partial charge in [-0.1, -0.05) is 46.7 Å². The first-order valence-corrected chi connectivity index (χ1v) is 11.9. The van der Waals surface area contributed by atoms with Crippen LogP contribution >= 0.6 is 22.9 Å². The summed E-state index contributed by atoms with van der Waals surface area (Å²) in [5.74, 6) is -0.878. The molecule has 0 fully saturated rings. The number of benzene rings is 2. The number of amides is 1. The van der Waals surface area contributed by atoms with Crippen molar-refractivity contribution in [3.8, 4) is 0 Å². The lowest BCUT2D eigenvalue weighted by molar-refractivity contribution is -0.139. The van der Waals surface area contributed by atoms with E-state index in [4.69, 9.17) is 16.3 Å². The number of aromatic nitrogens is 1.